The number of nitrogens with one attached hydrogen (secondary N) is 1. The molecule has 1 aliphatic rings. The molecule has 3 rings (SSSR count). The fraction of sp³-hybridized carbons (Fsp3) is 0.571. The third-order valence-corrected chi connectivity index (χ3v) is 4.92. The molecule has 0 amide bonds. The molecule has 1 aliphatic heterocycles. The van der Waals surface area contributed by atoms with E-state index in [0.29, 0.717) is 12.5 Å². The molecule has 1 fully saturated rings. The smallest absolute Gasteiger partial charge is 0.225 e. The first kappa shape index (κ1) is 13.6. The lowest BCUT2D eigenvalue weighted by Gasteiger charge is -2.20. The van der Waals surface area contributed by atoms with E-state index in [1.54, 1.807) is 11.3 Å². The number of rotatable bonds is 3. The fourth-order valence-corrected chi connectivity index (χ4v) is 3.57. The molecule has 20 heavy (non-hydrogen) atoms. The summed E-state index contributed by atoms with van der Waals surface area (Å²) in [6, 6.07) is 2.18. The third-order valence-electron chi connectivity index (χ3n) is 3.75. The highest BCUT2D eigenvalue weighted by Gasteiger charge is 2.33. The van der Waals surface area contributed by atoms with Crippen LogP contribution >= 0.6 is 11.3 Å². The van der Waals surface area contributed by atoms with Crippen molar-refractivity contribution in [3.63, 3.8) is 0 Å². The van der Waals surface area contributed by atoms with E-state index < -0.39 is 5.60 Å². The zero-order valence-electron chi connectivity index (χ0n) is 12.1. The van der Waals surface area contributed by atoms with Gasteiger partial charge in [0.25, 0.3) is 0 Å². The molecule has 0 aliphatic carbocycles. The second kappa shape index (κ2) is 4.86. The lowest BCUT2D eigenvalue weighted by molar-refractivity contribution is 0.0839. The van der Waals surface area contributed by atoms with Crippen molar-refractivity contribution in [2.75, 3.05) is 30.4 Å². The maximum Gasteiger partial charge on any atom is 0.225 e. The van der Waals surface area contributed by atoms with Crippen LogP contribution in [0.5, 0.6) is 0 Å². The standard InChI is InChI=1S/C14H20N4OS/c1-4-9-7-10-11(18-6-5-14(2,19)8-18)16-13(15-3)17-12(10)20-9/h7,19H,4-6,8H2,1-3H3,(H,15,16,17). The largest absolute Gasteiger partial charge is 0.388 e. The second-order valence-corrected chi connectivity index (χ2v) is 6.69. The number of hydrogen-bond donors (Lipinski definition) is 2. The van der Waals surface area contributed by atoms with Gasteiger partial charge in [-0.1, -0.05) is 6.92 Å². The van der Waals surface area contributed by atoms with Gasteiger partial charge < -0.3 is 15.3 Å². The van der Waals surface area contributed by atoms with Crippen molar-refractivity contribution in [3.05, 3.63) is 10.9 Å². The Morgan fingerprint density at radius 3 is 2.90 bits per heavy atom. The Bertz CT molecular complexity index is 637. The summed E-state index contributed by atoms with van der Waals surface area (Å²) < 4.78 is 0. The van der Waals surface area contributed by atoms with Gasteiger partial charge in [-0.3, -0.25) is 0 Å². The van der Waals surface area contributed by atoms with Crippen LogP contribution in [-0.4, -0.2) is 40.8 Å². The van der Waals surface area contributed by atoms with Gasteiger partial charge in [0, 0.05) is 25.0 Å². The number of nitrogens with zero attached hydrogens (tertiary/aromatic N) is 3. The highest BCUT2D eigenvalue weighted by Crippen LogP contribution is 2.35. The fourth-order valence-electron chi connectivity index (χ4n) is 2.61. The zero-order valence-corrected chi connectivity index (χ0v) is 12.9. The Labute approximate surface area is 122 Å². The maximum atomic E-state index is 10.2. The molecule has 108 valence electrons. The third kappa shape index (κ3) is 2.33. The number of β-amino-alcohol motifs (C(OH)–C–C–N with tert-alkyl or cyclic N) is 1. The quantitative estimate of drug-likeness (QED) is 0.908. The number of fused-ring (bicyclic) bond motifs is 1. The number of aliphatic hydroxyl groups is 1. The molecule has 2 aromatic rings. The van der Waals surface area contributed by atoms with Crippen LogP contribution in [0, 0.1) is 0 Å². The Morgan fingerprint density at radius 1 is 1.50 bits per heavy atom. The van der Waals surface area contributed by atoms with Gasteiger partial charge >= 0.3 is 0 Å². The Balaban J connectivity index is 2.10. The predicted molar refractivity (Wildman–Crippen MR) is 83.8 cm³/mol. The van der Waals surface area contributed by atoms with E-state index >= 15 is 0 Å². The normalized spacial score (nSPS) is 22.7. The Kier molecular flexibility index (Phi) is 3.30. The van der Waals surface area contributed by atoms with Gasteiger partial charge in [-0.15, -0.1) is 11.3 Å². The van der Waals surface area contributed by atoms with Gasteiger partial charge in [0.05, 0.1) is 11.0 Å². The van der Waals surface area contributed by atoms with Crippen LogP contribution in [-0.2, 0) is 6.42 Å². The van der Waals surface area contributed by atoms with Gasteiger partial charge in [-0.05, 0) is 25.8 Å². The number of thiophene rings is 1. The van der Waals surface area contributed by atoms with Crippen molar-refractivity contribution in [1.82, 2.24) is 9.97 Å². The zero-order chi connectivity index (χ0) is 14.3. The number of aromatic nitrogens is 2. The molecule has 0 bridgehead atoms. The molecule has 1 saturated heterocycles. The van der Waals surface area contributed by atoms with Crippen LogP contribution in [0.2, 0.25) is 0 Å². The summed E-state index contributed by atoms with van der Waals surface area (Å²) in [4.78, 5) is 13.6. The number of hydrogen-bond acceptors (Lipinski definition) is 6. The summed E-state index contributed by atoms with van der Waals surface area (Å²) >= 11 is 1.72. The van der Waals surface area contributed by atoms with E-state index in [4.69, 9.17) is 0 Å². The summed E-state index contributed by atoms with van der Waals surface area (Å²) in [6.45, 7) is 5.49. The SMILES string of the molecule is CCc1cc2c(N3CCC(C)(O)C3)nc(NC)nc2s1. The van der Waals surface area contributed by atoms with E-state index in [1.807, 2.05) is 14.0 Å². The molecule has 0 aromatic carbocycles. The van der Waals surface area contributed by atoms with Crippen molar-refractivity contribution in [2.45, 2.75) is 32.3 Å². The van der Waals surface area contributed by atoms with Gasteiger partial charge in [-0.2, -0.15) is 4.98 Å². The molecule has 6 heteroatoms. The summed E-state index contributed by atoms with van der Waals surface area (Å²) in [5, 5.41) is 14.3. The van der Waals surface area contributed by atoms with Crippen LogP contribution in [0.4, 0.5) is 11.8 Å². The first-order valence-electron chi connectivity index (χ1n) is 6.98. The minimum absolute atomic E-state index is 0.624. The molecule has 2 N–H and O–H groups in total. The van der Waals surface area contributed by atoms with Gasteiger partial charge in [0.2, 0.25) is 5.95 Å². The van der Waals surface area contributed by atoms with Gasteiger partial charge in [0.1, 0.15) is 10.6 Å². The molecule has 0 saturated carbocycles. The predicted octanol–water partition coefficient (Wildman–Crippen LogP) is 2.26. The lowest BCUT2D eigenvalue weighted by Crippen LogP contribution is -2.30. The van der Waals surface area contributed by atoms with Crippen LogP contribution in [0.25, 0.3) is 10.2 Å². The maximum absolute atomic E-state index is 10.2. The van der Waals surface area contributed by atoms with E-state index in [0.717, 1.165) is 35.4 Å². The van der Waals surface area contributed by atoms with Crippen LogP contribution in [0.15, 0.2) is 6.07 Å². The molecule has 1 unspecified atom stereocenters. The van der Waals surface area contributed by atoms with E-state index in [-0.39, 0.29) is 0 Å². The topological polar surface area (TPSA) is 61.3 Å². The first-order valence-corrected chi connectivity index (χ1v) is 7.79. The van der Waals surface area contributed by atoms with E-state index in [9.17, 15) is 5.11 Å². The highest BCUT2D eigenvalue weighted by atomic mass is 32.1. The summed E-state index contributed by atoms with van der Waals surface area (Å²) in [6.07, 6.45) is 1.78. The molecule has 5 nitrogen and oxygen atoms in total. The molecular formula is C14H20N4OS. The van der Waals surface area contributed by atoms with Crippen molar-refractivity contribution in [3.8, 4) is 0 Å². The van der Waals surface area contributed by atoms with Gasteiger partial charge in [-0.25, -0.2) is 4.98 Å². The molecular weight excluding hydrogens is 272 g/mol. The number of aryl methyl sites for hydroxylation is 1. The Morgan fingerprint density at radius 2 is 2.30 bits per heavy atom. The first-order chi connectivity index (χ1) is 9.52. The van der Waals surface area contributed by atoms with Crippen molar-refractivity contribution in [2.24, 2.45) is 0 Å². The molecule has 0 spiro atoms. The summed E-state index contributed by atoms with van der Waals surface area (Å²) in [7, 11) is 1.83. The second-order valence-electron chi connectivity index (χ2n) is 5.57. The van der Waals surface area contributed by atoms with Crippen molar-refractivity contribution < 1.29 is 5.11 Å². The minimum Gasteiger partial charge on any atom is -0.388 e. The van der Waals surface area contributed by atoms with Crippen LogP contribution in [0.1, 0.15) is 25.1 Å². The van der Waals surface area contributed by atoms with Crippen LogP contribution < -0.4 is 10.2 Å². The molecule has 1 atom stereocenters. The van der Waals surface area contributed by atoms with Crippen molar-refractivity contribution in [1.29, 1.82) is 0 Å². The molecule has 0 radical (unpaired) electrons. The number of anilines is 2. The Hall–Kier alpha value is -1.40. The average molecular weight is 292 g/mol. The monoisotopic (exact) mass is 292 g/mol. The summed E-state index contributed by atoms with van der Waals surface area (Å²) in [5.74, 6) is 1.58. The average Bonchev–Trinajstić information content (AvgIpc) is 2.99. The highest BCUT2D eigenvalue weighted by molar-refractivity contribution is 7.18. The molecule has 2 aromatic heterocycles. The van der Waals surface area contributed by atoms with E-state index in [2.05, 4.69) is 33.2 Å². The molecule has 3 heterocycles. The van der Waals surface area contributed by atoms with E-state index in [1.165, 1.54) is 4.88 Å². The minimum atomic E-state index is -0.624. The van der Waals surface area contributed by atoms with Crippen LogP contribution in [0.3, 0.4) is 0 Å². The van der Waals surface area contributed by atoms with Crippen molar-refractivity contribution >= 4 is 33.3 Å². The van der Waals surface area contributed by atoms with Gasteiger partial charge in [0.15, 0.2) is 0 Å². The lowest BCUT2D eigenvalue weighted by atomic mass is 10.1. The summed E-state index contributed by atoms with van der Waals surface area (Å²) in [5.41, 5.74) is -0.624.